The fraction of sp³-hybridized carbons (Fsp3) is 0.133. The molecule has 0 aliphatic rings. The van der Waals surface area contributed by atoms with Gasteiger partial charge in [0.25, 0.3) is 0 Å². The molecule has 0 amide bonds. The molecule has 5 heteroatoms. The number of halogens is 2. The maximum Gasteiger partial charge on any atom is 0.140 e. The van der Waals surface area contributed by atoms with Gasteiger partial charge >= 0.3 is 0 Å². The molecular weight excluding hydrogens is 293 g/mol. The van der Waals surface area contributed by atoms with Crippen molar-refractivity contribution in [2.75, 3.05) is 0 Å². The van der Waals surface area contributed by atoms with E-state index in [0.29, 0.717) is 23.1 Å². The number of aromatic nitrogens is 2. The van der Waals surface area contributed by atoms with Crippen LogP contribution in [-0.2, 0) is 13.1 Å². The van der Waals surface area contributed by atoms with Crippen LogP contribution in [0.1, 0.15) is 11.1 Å². The summed E-state index contributed by atoms with van der Waals surface area (Å²) < 4.78 is 2.05. The van der Waals surface area contributed by atoms with Crippen LogP contribution in [0.2, 0.25) is 10.0 Å². The van der Waals surface area contributed by atoms with Gasteiger partial charge in [0.2, 0.25) is 0 Å². The first-order valence-corrected chi connectivity index (χ1v) is 7.01. The van der Waals surface area contributed by atoms with Crippen molar-refractivity contribution in [3.63, 3.8) is 0 Å². The third kappa shape index (κ3) is 2.40. The largest absolute Gasteiger partial charge is 0.328 e. The van der Waals surface area contributed by atoms with Gasteiger partial charge in [0.05, 0.1) is 6.54 Å². The predicted octanol–water partition coefficient (Wildman–Crippen LogP) is 3.85. The highest BCUT2D eigenvalue weighted by molar-refractivity contribution is 6.33. The van der Waals surface area contributed by atoms with Crippen molar-refractivity contribution in [1.29, 1.82) is 0 Å². The molecule has 2 aromatic heterocycles. The van der Waals surface area contributed by atoms with Crippen molar-refractivity contribution >= 4 is 34.2 Å². The van der Waals surface area contributed by atoms with E-state index in [-0.39, 0.29) is 0 Å². The van der Waals surface area contributed by atoms with Crippen LogP contribution in [0.15, 0.2) is 42.7 Å². The summed E-state index contributed by atoms with van der Waals surface area (Å²) in [6.45, 7) is 1.10. The summed E-state index contributed by atoms with van der Waals surface area (Å²) in [6.07, 6.45) is 3.80. The second-order valence-electron chi connectivity index (χ2n) is 4.60. The fourth-order valence-electron chi connectivity index (χ4n) is 2.33. The Bertz CT molecular complexity index is 765. The molecule has 3 nitrogen and oxygen atoms in total. The van der Waals surface area contributed by atoms with E-state index in [1.54, 1.807) is 12.3 Å². The number of hydrogen-bond acceptors (Lipinski definition) is 2. The second-order valence-corrected chi connectivity index (χ2v) is 5.44. The van der Waals surface area contributed by atoms with Crippen LogP contribution in [0.4, 0.5) is 0 Å². The Hall–Kier alpha value is -1.55. The Labute approximate surface area is 126 Å². The lowest BCUT2D eigenvalue weighted by atomic mass is 10.2. The summed E-state index contributed by atoms with van der Waals surface area (Å²) in [5, 5.41) is 2.45. The number of rotatable bonds is 3. The molecule has 0 aliphatic carbocycles. The molecule has 102 valence electrons. The molecule has 20 heavy (non-hydrogen) atoms. The maximum absolute atomic E-state index is 6.22. The standard InChI is InChI=1S/C15H13Cl2N3/c16-12-3-4-14(17)10(6-12)8-20-9-11(7-18)13-2-1-5-19-15(13)20/h1-6,9H,7-8,18H2. The van der Waals surface area contributed by atoms with E-state index in [2.05, 4.69) is 9.55 Å². The quantitative estimate of drug-likeness (QED) is 0.798. The summed E-state index contributed by atoms with van der Waals surface area (Å²) in [4.78, 5) is 4.43. The zero-order valence-electron chi connectivity index (χ0n) is 10.7. The molecule has 0 saturated heterocycles. The molecule has 2 heterocycles. The molecule has 2 N–H and O–H groups in total. The van der Waals surface area contributed by atoms with Gasteiger partial charge in [-0.25, -0.2) is 4.98 Å². The van der Waals surface area contributed by atoms with Crippen molar-refractivity contribution in [2.24, 2.45) is 5.73 Å². The highest BCUT2D eigenvalue weighted by Crippen LogP contribution is 2.25. The molecule has 1 aromatic carbocycles. The third-order valence-corrected chi connectivity index (χ3v) is 3.89. The van der Waals surface area contributed by atoms with Gasteiger partial charge in [-0.2, -0.15) is 0 Å². The van der Waals surface area contributed by atoms with Gasteiger partial charge < -0.3 is 10.3 Å². The lowest BCUT2D eigenvalue weighted by Crippen LogP contribution is -2.00. The summed E-state index contributed by atoms with van der Waals surface area (Å²) in [5.74, 6) is 0. The minimum absolute atomic E-state index is 0.485. The molecular formula is C15H13Cl2N3. The van der Waals surface area contributed by atoms with Crippen LogP contribution in [0, 0.1) is 0 Å². The summed E-state index contributed by atoms with van der Waals surface area (Å²) >= 11 is 12.3. The average Bonchev–Trinajstić information content (AvgIpc) is 2.81. The third-order valence-electron chi connectivity index (χ3n) is 3.28. The Morgan fingerprint density at radius 3 is 2.80 bits per heavy atom. The van der Waals surface area contributed by atoms with Gasteiger partial charge in [-0.05, 0) is 41.5 Å². The Morgan fingerprint density at radius 1 is 1.15 bits per heavy atom. The van der Waals surface area contributed by atoms with E-state index >= 15 is 0 Å². The zero-order valence-corrected chi connectivity index (χ0v) is 12.2. The molecule has 0 fully saturated rings. The van der Waals surface area contributed by atoms with Gasteiger partial charge in [0, 0.05) is 34.4 Å². The SMILES string of the molecule is NCc1cn(Cc2cc(Cl)ccc2Cl)c2ncccc12. The minimum Gasteiger partial charge on any atom is -0.328 e. The first-order chi connectivity index (χ1) is 9.69. The van der Waals surface area contributed by atoms with Crippen molar-refractivity contribution in [3.05, 3.63) is 63.9 Å². The number of nitrogens with two attached hydrogens (primary N) is 1. The second kappa shape index (κ2) is 5.44. The number of pyridine rings is 1. The predicted molar refractivity (Wildman–Crippen MR) is 83.2 cm³/mol. The lowest BCUT2D eigenvalue weighted by molar-refractivity contribution is 0.819. The van der Waals surface area contributed by atoms with E-state index in [1.807, 2.05) is 30.5 Å². The van der Waals surface area contributed by atoms with Gasteiger partial charge in [-0.1, -0.05) is 23.2 Å². The Kier molecular flexibility index (Phi) is 3.66. The molecule has 0 saturated carbocycles. The zero-order chi connectivity index (χ0) is 14.1. The first-order valence-electron chi connectivity index (χ1n) is 6.26. The normalized spacial score (nSPS) is 11.2. The smallest absolute Gasteiger partial charge is 0.140 e. The highest BCUT2D eigenvalue weighted by atomic mass is 35.5. The number of fused-ring (bicyclic) bond motifs is 1. The monoisotopic (exact) mass is 305 g/mol. The van der Waals surface area contributed by atoms with Gasteiger partial charge in [0.1, 0.15) is 5.65 Å². The van der Waals surface area contributed by atoms with Crippen LogP contribution in [0.5, 0.6) is 0 Å². The van der Waals surface area contributed by atoms with E-state index in [0.717, 1.165) is 22.2 Å². The van der Waals surface area contributed by atoms with Crippen molar-refractivity contribution in [2.45, 2.75) is 13.1 Å². The van der Waals surface area contributed by atoms with Gasteiger partial charge in [-0.15, -0.1) is 0 Å². The van der Waals surface area contributed by atoms with Crippen LogP contribution < -0.4 is 5.73 Å². The van der Waals surface area contributed by atoms with Crippen LogP contribution in [-0.4, -0.2) is 9.55 Å². The molecule has 0 bridgehead atoms. The first kappa shape index (κ1) is 13.4. The van der Waals surface area contributed by atoms with Gasteiger partial charge in [-0.3, -0.25) is 0 Å². The summed E-state index contributed by atoms with van der Waals surface area (Å²) in [5.41, 5.74) is 8.73. The van der Waals surface area contributed by atoms with Crippen molar-refractivity contribution in [3.8, 4) is 0 Å². The molecule has 0 atom stereocenters. The Morgan fingerprint density at radius 2 is 2.00 bits per heavy atom. The average molecular weight is 306 g/mol. The van der Waals surface area contributed by atoms with E-state index in [4.69, 9.17) is 28.9 Å². The molecule has 3 rings (SSSR count). The van der Waals surface area contributed by atoms with Crippen LogP contribution in [0.3, 0.4) is 0 Å². The number of hydrogen-bond donors (Lipinski definition) is 1. The topological polar surface area (TPSA) is 43.8 Å². The maximum atomic E-state index is 6.22. The van der Waals surface area contributed by atoms with Crippen molar-refractivity contribution < 1.29 is 0 Å². The van der Waals surface area contributed by atoms with Crippen LogP contribution in [0.25, 0.3) is 11.0 Å². The minimum atomic E-state index is 0.485. The van der Waals surface area contributed by atoms with Crippen molar-refractivity contribution in [1.82, 2.24) is 9.55 Å². The molecule has 0 unspecified atom stereocenters. The lowest BCUT2D eigenvalue weighted by Gasteiger charge is -2.07. The summed E-state index contributed by atoms with van der Waals surface area (Å²) in [7, 11) is 0. The molecule has 0 radical (unpaired) electrons. The number of benzene rings is 1. The molecule has 0 spiro atoms. The molecule has 3 aromatic rings. The highest BCUT2D eigenvalue weighted by Gasteiger charge is 2.10. The summed E-state index contributed by atoms with van der Waals surface area (Å²) in [6, 6.07) is 9.41. The fourth-order valence-corrected chi connectivity index (χ4v) is 2.70. The van der Waals surface area contributed by atoms with E-state index in [9.17, 15) is 0 Å². The molecule has 0 aliphatic heterocycles. The van der Waals surface area contributed by atoms with Crippen LogP contribution >= 0.6 is 23.2 Å². The Balaban J connectivity index is 2.09. The number of nitrogens with zero attached hydrogens (tertiary/aromatic N) is 2. The van der Waals surface area contributed by atoms with E-state index < -0.39 is 0 Å². The van der Waals surface area contributed by atoms with Gasteiger partial charge in [0.15, 0.2) is 0 Å². The van der Waals surface area contributed by atoms with E-state index in [1.165, 1.54) is 0 Å².